The Morgan fingerprint density at radius 1 is 1.53 bits per heavy atom. The van der Waals surface area contributed by atoms with E-state index in [0.717, 1.165) is 18.9 Å². The summed E-state index contributed by atoms with van der Waals surface area (Å²) in [6, 6.07) is 4.24. The van der Waals surface area contributed by atoms with Crippen molar-refractivity contribution in [1.29, 1.82) is 0 Å². The summed E-state index contributed by atoms with van der Waals surface area (Å²) in [6.07, 6.45) is 2.51. The van der Waals surface area contributed by atoms with Crippen LogP contribution in [-0.4, -0.2) is 36.4 Å². The minimum absolute atomic E-state index is 0.436. The van der Waals surface area contributed by atoms with Gasteiger partial charge < -0.3 is 10.2 Å². The van der Waals surface area contributed by atoms with Gasteiger partial charge in [0.2, 0.25) is 0 Å². The van der Waals surface area contributed by atoms with Crippen LogP contribution in [0.4, 0.5) is 5.82 Å². The molecule has 1 aliphatic rings. The van der Waals surface area contributed by atoms with Crippen LogP contribution < -0.4 is 10.2 Å². The smallest absolute Gasteiger partial charge is 0.151 e. The van der Waals surface area contributed by atoms with Gasteiger partial charge in [0.25, 0.3) is 0 Å². The number of hydrogen-bond acceptors (Lipinski definition) is 4. The van der Waals surface area contributed by atoms with Gasteiger partial charge in [0.05, 0.1) is 0 Å². The number of nitrogens with one attached hydrogen (secondary N) is 1. The molecule has 1 fully saturated rings. The van der Waals surface area contributed by atoms with Gasteiger partial charge >= 0.3 is 0 Å². The molecular weight excluding hydrogens is 212 g/mol. The molecule has 4 nitrogen and oxygen atoms in total. The first-order valence-electron chi connectivity index (χ1n) is 5.19. The average molecular weight is 227 g/mol. The minimum Gasteiger partial charge on any atom is -0.357 e. The summed E-state index contributed by atoms with van der Waals surface area (Å²) >= 11 is 5.68. The lowest BCUT2D eigenvalue weighted by molar-refractivity contribution is 0.596. The Morgan fingerprint density at radius 2 is 2.40 bits per heavy atom. The zero-order valence-electron chi connectivity index (χ0n) is 8.78. The van der Waals surface area contributed by atoms with Gasteiger partial charge in [0.15, 0.2) is 11.0 Å². The first kappa shape index (κ1) is 10.6. The van der Waals surface area contributed by atoms with E-state index in [1.807, 2.05) is 13.1 Å². The van der Waals surface area contributed by atoms with E-state index in [4.69, 9.17) is 11.6 Å². The van der Waals surface area contributed by atoms with Crippen LogP contribution in [0.15, 0.2) is 12.1 Å². The molecule has 82 valence electrons. The molecule has 5 heteroatoms. The lowest BCUT2D eigenvalue weighted by Crippen LogP contribution is -2.35. The monoisotopic (exact) mass is 226 g/mol. The van der Waals surface area contributed by atoms with Crippen molar-refractivity contribution in [3.8, 4) is 0 Å². The molecule has 1 saturated heterocycles. The van der Waals surface area contributed by atoms with E-state index < -0.39 is 0 Å². The summed E-state index contributed by atoms with van der Waals surface area (Å²) in [7, 11) is 2.03. The SMILES string of the molecule is CN(CC1CCCN1)c1ccc(Cl)nn1. The molecule has 0 spiro atoms. The fourth-order valence-electron chi connectivity index (χ4n) is 1.85. The molecule has 1 aromatic rings. The Labute approximate surface area is 94.6 Å². The van der Waals surface area contributed by atoms with Crippen LogP contribution in [-0.2, 0) is 0 Å². The van der Waals surface area contributed by atoms with Crippen LogP contribution in [0.1, 0.15) is 12.8 Å². The molecule has 2 rings (SSSR count). The number of nitrogens with zero attached hydrogens (tertiary/aromatic N) is 3. The van der Waals surface area contributed by atoms with Crippen molar-refractivity contribution >= 4 is 17.4 Å². The van der Waals surface area contributed by atoms with Gasteiger partial charge in [-0.05, 0) is 31.5 Å². The zero-order valence-corrected chi connectivity index (χ0v) is 9.54. The Balaban J connectivity index is 1.94. The molecular formula is C10H15ClN4. The van der Waals surface area contributed by atoms with E-state index >= 15 is 0 Å². The molecule has 0 aliphatic carbocycles. The molecule has 1 unspecified atom stereocenters. The normalized spacial score (nSPS) is 20.5. The second-order valence-electron chi connectivity index (χ2n) is 3.89. The molecule has 0 amide bonds. The van der Waals surface area contributed by atoms with E-state index in [-0.39, 0.29) is 0 Å². The number of rotatable bonds is 3. The first-order valence-corrected chi connectivity index (χ1v) is 5.57. The third-order valence-electron chi connectivity index (χ3n) is 2.67. The third kappa shape index (κ3) is 2.79. The Bertz CT molecular complexity index is 308. The van der Waals surface area contributed by atoms with Crippen LogP contribution >= 0.6 is 11.6 Å². The van der Waals surface area contributed by atoms with Crippen LogP contribution in [0, 0.1) is 0 Å². The fraction of sp³-hybridized carbons (Fsp3) is 0.600. The van der Waals surface area contributed by atoms with Gasteiger partial charge in [0, 0.05) is 19.6 Å². The molecule has 1 N–H and O–H groups in total. The molecule has 2 heterocycles. The molecule has 0 saturated carbocycles. The van der Waals surface area contributed by atoms with Crippen molar-refractivity contribution in [2.24, 2.45) is 0 Å². The van der Waals surface area contributed by atoms with Gasteiger partial charge in [-0.3, -0.25) is 0 Å². The largest absolute Gasteiger partial charge is 0.357 e. The molecule has 15 heavy (non-hydrogen) atoms. The zero-order chi connectivity index (χ0) is 10.7. The number of anilines is 1. The van der Waals surface area contributed by atoms with Crippen LogP contribution in [0.25, 0.3) is 0 Å². The summed E-state index contributed by atoms with van der Waals surface area (Å²) in [5.74, 6) is 0.869. The van der Waals surface area contributed by atoms with Crippen molar-refractivity contribution in [2.45, 2.75) is 18.9 Å². The van der Waals surface area contributed by atoms with Crippen LogP contribution in [0.2, 0.25) is 5.15 Å². The lowest BCUT2D eigenvalue weighted by atomic mass is 10.2. The van der Waals surface area contributed by atoms with Gasteiger partial charge in [-0.1, -0.05) is 11.6 Å². The topological polar surface area (TPSA) is 41.0 Å². The summed E-state index contributed by atoms with van der Waals surface area (Å²) < 4.78 is 0. The fourth-order valence-corrected chi connectivity index (χ4v) is 1.95. The van der Waals surface area contributed by atoms with Gasteiger partial charge in [0.1, 0.15) is 0 Å². The predicted octanol–water partition coefficient (Wildman–Crippen LogP) is 1.32. The minimum atomic E-state index is 0.436. The second-order valence-corrected chi connectivity index (χ2v) is 4.28. The molecule has 1 aromatic heterocycles. The third-order valence-corrected chi connectivity index (χ3v) is 2.87. The summed E-state index contributed by atoms with van der Waals surface area (Å²) in [6.45, 7) is 2.10. The number of likely N-dealkylation sites (N-methyl/N-ethyl adjacent to an activating group) is 1. The average Bonchev–Trinajstić information content (AvgIpc) is 2.71. The maximum Gasteiger partial charge on any atom is 0.151 e. The van der Waals surface area contributed by atoms with Crippen molar-refractivity contribution < 1.29 is 0 Å². The van der Waals surface area contributed by atoms with Crippen molar-refractivity contribution in [3.63, 3.8) is 0 Å². The van der Waals surface area contributed by atoms with Crippen LogP contribution in [0.5, 0.6) is 0 Å². The van der Waals surface area contributed by atoms with Gasteiger partial charge in [-0.15, -0.1) is 10.2 Å². The Morgan fingerprint density at radius 3 is 3.00 bits per heavy atom. The van der Waals surface area contributed by atoms with E-state index in [0.29, 0.717) is 11.2 Å². The molecule has 1 aliphatic heterocycles. The van der Waals surface area contributed by atoms with Crippen molar-refractivity contribution in [2.75, 3.05) is 25.0 Å². The van der Waals surface area contributed by atoms with E-state index in [2.05, 4.69) is 20.4 Å². The standard InChI is InChI=1S/C10H15ClN4/c1-15(7-8-3-2-6-12-8)10-5-4-9(11)13-14-10/h4-5,8,12H,2-3,6-7H2,1H3. The van der Waals surface area contributed by atoms with Gasteiger partial charge in [-0.2, -0.15) is 0 Å². The quantitative estimate of drug-likeness (QED) is 0.844. The van der Waals surface area contributed by atoms with E-state index in [9.17, 15) is 0 Å². The summed E-state index contributed by atoms with van der Waals surface area (Å²) in [5, 5.41) is 11.8. The lowest BCUT2D eigenvalue weighted by Gasteiger charge is -2.21. The Hall–Kier alpha value is -0.870. The molecule has 1 atom stereocenters. The van der Waals surface area contributed by atoms with E-state index in [1.165, 1.54) is 12.8 Å². The summed E-state index contributed by atoms with van der Waals surface area (Å²) in [4.78, 5) is 2.10. The molecule has 0 radical (unpaired) electrons. The number of hydrogen-bond donors (Lipinski definition) is 1. The molecule has 0 bridgehead atoms. The van der Waals surface area contributed by atoms with Crippen molar-refractivity contribution in [1.82, 2.24) is 15.5 Å². The van der Waals surface area contributed by atoms with Crippen LogP contribution in [0.3, 0.4) is 0 Å². The first-order chi connectivity index (χ1) is 7.25. The predicted molar refractivity (Wildman–Crippen MR) is 61.3 cm³/mol. The van der Waals surface area contributed by atoms with Crippen molar-refractivity contribution in [3.05, 3.63) is 17.3 Å². The maximum atomic E-state index is 5.68. The highest BCUT2D eigenvalue weighted by Crippen LogP contribution is 2.13. The highest BCUT2D eigenvalue weighted by molar-refractivity contribution is 6.29. The number of aromatic nitrogens is 2. The highest BCUT2D eigenvalue weighted by atomic mass is 35.5. The summed E-state index contributed by atoms with van der Waals surface area (Å²) in [5.41, 5.74) is 0. The Kier molecular flexibility index (Phi) is 3.38. The second kappa shape index (κ2) is 4.77. The van der Waals surface area contributed by atoms with E-state index in [1.54, 1.807) is 6.07 Å². The molecule has 0 aromatic carbocycles. The maximum absolute atomic E-state index is 5.68. The number of halogens is 1. The van der Waals surface area contributed by atoms with Gasteiger partial charge in [-0.25, -0.2) is 0 Å². The highest BCUT2D eigenvalue weighted by Gasteiger charge is 2.16.